The molecule has 0 unspecified atom stereocenters. The van der Waals surface area contributed by atoms with Gasteiger partial charge in [-0.15, -0.1) is 10.2 Å². The molecule has 0 aliphatic heterocycles. The van der Waals surface area contributed by atoms with Gasteiger partial charge in [0.15, 0.2) is 25.4 Å². The summed E-state index contributed by atoms with van der Waals surface area (Å²) in [7, 11) is -9.63. The van der Waals surface area contributed by atoms with E-state index in [4.69, 9.17) is 14.0 Å². The minimum Gasteiger partial charge on any atom is -0.494 e. The number of methoxy groups -OCH3 is 2. The van der Waals surface area contributed by atoms with Crippen LogP contribution in [0.4, 0.5) is 11.4 Å². The molecule has 0 radical (unpaired) electrons. The van der Waals surface area contributed by atoms with Crippen LogP contribution in [0.2, 0.25) is 0 Å². The fourth-order valence-corrected chi connectivity index (χ4v) is 6.58. The quantitative estimate of drug-likeness (QED) is 0.206. The molecule has 18 heteroatoms. The van der Waals surface area contributed by atoms with Gasteiger partial charge in [0.1, 0.15) is 11.4 Å². The molecule has 1 heterocycles. The van der Waals surface area contributed by atoms with E-state index >= 15 is 0 Å². The summed E-state index contributed by atoms with van der Waals surface area (Å²) in [5.41, 5.74) is 0.547. The summed E-state index contributed by atoms with van der Waals surface area (Å²) in [5, 5.41) is 11.0. The average Bonchev–Trinajstić information content (AvgIpc) is 3.18. The van der Waals surface area contributed by atoms with Crippen LogP contribution in [0, 0.1) is 13.8 Å². The van der Waals surface area contributed by atoms with Crippen molar-refractivity contribution in [2.24, 2.45) is 10.2 Å². The molecule has 0 spiro atoms. The third kappa shape index (κ3) is 7.86. The summed E-state index contributed by atoms with van der Waals surface area (Å²) in [5.74, 6) is -0.796. The van der Waals surface area contributed by atoms with Gasteiger partial charge in [-0.25, -0.2) is 25.7 Å². The minimum atomic E-state index is -4.78. The van der Waals surface area contributed by atoms with Crippen LogP contribution < -0.4 is 10.3 Å². The van der Waals surface area contributed by atoms with Gasteiger partial charge in [0.05, 0.1) is 53.0 Å². The van der Waals surface area contributed by atoms with Crippen molar-refractivity contribution in [1.29, 1.82) is 0 Å². The Balaban J connectivity index is 1.88. The number of aromatic amines is 1. The van der Waals surface area contributed by atoms with Crippen molar-refractivity contribution in [3.05, 3.63) is 58.0 Å². The number of nitrogens with zero attached hydrogens (tertiary/aromatic N) is 3. The van der Waals surface area contributed by atoms with Gasteiger partial charge in [-0.05, 0) is 49.7 Å². The number of sulfone groups is 2. The molecule has 0 atom stereocenters. The summed E-state index contributed by atoms with van der Waals surface area (Å²) in [6.07, 6.45) is 0. The zero-order chi connectivity index (χ0) is 30.6. The van der Waals surface area contributed by atoms with E-state index in [2.05, 4.69) is 19.5 Å². The fourth-order valence-electron chi connectivity index (χ4n) is 3.64. The van der Waals surface area contributed by atoms with E-state index in [0.717, 1.165) is 4.68 Å². The number of H-pyrrole nitrogens is 1. The second-order valence-electron chi connectivity index (χ2n) is 8.59. The van der Waals surface area contributed by atoms with Gasteiger partial charge in [0, 0.05) is 13.2 Å². The fraction of sp³-hybridized carbons (Fsp3) is 0.348. The second-order valence-corrected chi connectivity index (χ2v) is 13.9. The number of hydrogen-bond donors (Lipinski definition) is 2. The lowest BCUT2D eigenvalue weighted by atomic mass is 10.2. The molecule has 2 N–H and O–H groups in total. The lowest BCUT2D eigenvalue weighted by molar-refractivity contribution is 0.217. The number of aromatic nitrogens is 2. The van der Waals surface area contributed by atoms with E-state index in [-0.39, 0.29) is 45.0 Å². The summed E-state index contributed by atoms with van der Waals surface area (Å²) < 4.78 is 95.3. The Morgan fingerprint density at radius 3 is 2.12 bits per heavy atom. The van der Waals surface area contributed by atoms with Gasteiger partial charge in [-0.1, -0.05) is 0 Å². The molecule has 0 saturated heterocycles. The van der Waals surface area contributed by atoms with Crippen LogP contribution in [0.3, 0.4) is 0 Å². The molecule has 15 nitrogen and oxygen atoms in total. The zero-order valence-electron chi connectivity index (χ0n) is 22.4. The van der Waals surface area contributed by atoms with Crippen LogP contribution in [-0.2, 0) is 39.0 Å². The number of ether oxygens (including phenoxy) is 2. The van der Waals surface area contributed by atoms with E-state index in [1.54, 1.807) is 13.8 Å². The molecule has 0 bridgehead atoms. The van der Waals surface area contributed by atoms with Gasteiger partial charge >= 0.3 is 10.4 Å². The number of rotatable bonds is 13. The number of nitrogens with one attached hydrogen (secondary N) is 1. The van der Waals surface area contributed by atoms with Crippen molar-refractivity contribution < 1.29 is 43.5 Å². The largest absolute Gasteiger partial charge is 0.494 e. The first kappa shape index (κ1) is 32.1. The van der Waals surface area contributed by atoms with Crippen molar-refractivity contribution in [2.75, 3.05) is 38.9 Å². The molecular weight excluding hydrogens is 604 g/mol. The average molecular weight is 633 g/mol. The Kier molecular flexibility index (Phi) is 9.88. The highest BCUT2D eigenvalue weighted by Crippen LogP contribution is 2.34. The molecule has 3 aromatic rings. The molecule has 0 saturated carbocycles. The van der Waals surface area contributed by atoms with Gasteiger partial charge in [0.25, 0.3) is 5.56 Å². The Labute approximate surface area is 236 Å². The molecule has 0 aliphatic rings. The maximum absolute atomic E-state index is 13.1. The van der Waals surface area contributed by atoms with Crippen molar-refractivity contribution in [1.82, 2.24) is 9.78 Å². The van der Waals surface area contributed by atoms with Gasteiger partial charge < -0.3 is 9.47 Å². The second kappa shape index (κ2) is 12.6. The van der Waals surface area contributed by atoms with E-state index in [1.807, 2.05) is 0 Å². The van der Waals surface area contributed by atoms with E-state index in [9.17, 15) is 30.0 Å². The summed E-state index contributed by atoms with van der Waals surface area (Å²) in [4.78, 5) is 13.0. The Morgan fingerprint density at radius 1 is 0.902 bits per heavy atom. The number of benzene rings is 2. The Morgan fingerprint density at radius 2 is 1.54 bits per heavy atom. The summed E-state index contributed by atoms with van der Waals surface area (Å²) >= 11 is 0. The standard InChI is InChI=1S/C23H28N4O11S3/c1-15-13-19(20(37-4)14-21(15)40(31,32)11-9-36-3)24-25-22-16(2)26-27(23(22)28)17-5-7-18(8-6-17)39(29,30)12-10-38-41(33,34)35/h5-8,13-14,26H,9-12H2,1-4H3,(H,33,34,35). The van der Waals surface area contributed by atoms with Crippen molar-refractivity contribution in [3.63, 3.8) is 0 Å². The summed E-state index contributed by atoms with van der Waals surface area (Å²) in [6, 6.07) is 7.95. The molecule has 1 aromatic heterocycles. The smallest absolute Gasteiger partial charge is 0.397 e. The van der Waals surface area contributed by atoms with Crippen molar-refractivity contribution in [2.45, 2.75) is 23.6 Å². The minimum absolute atomic E-state index is 0.0230. The van der Waals surface area contributed by atoms with Gasteiger partial charge in [0.2, 0.25) is 0 Å². The topological polar surface area (TPSA) is 213 Å². The first-order chi connectivity index (χ1) is 19.1. The predicted octanol–water partition coefficient (Wildman–Crippen LogP) is 2.22. The number of hydrogen-bond acceptors (Lipinski definition) is 12. The molecule has 3 rings (SSSR count). The number of azo groups is 1. The van der Waals surface area contributed by atoms with Gasteiger partial charge in [-0.2, -0.15) is 8.42 Å². The predicted molar refractivity (Wildman–Crippen MR) is 147 cm³/mol. The highest BCUT2D eigenvalue weighted by Gasteiger charge is 2.21. The molecule has 0 fully saturated rings. The maximum atomic E-state index is 13.1. The Bertz CT molecular complexity index is 1830. The summed E-state index contributed by atoms with van der Waals surface area (Å²) in [6.45, 7) is 2.42. The normalized spacial score (nSPS) is 12.7. The molecule has 0 amide bonds. The van der Waals surface area contributed by atoms with Crippen LogP contribution in [0.5, 0.6) is 5.75 Å². The highest BCUT2D eigenvalue weighted by molar-refractivity contribution is 7.91. The van der Waals surface area contributed by atoms with Crippen LogP contribution in [0.25, 0.3) is 5.69 Å². The van der Waals surface area contributed by atoms with Crippen LogP contribution in [-0.4, -0.2) is 78.5 Å². The molecule has 224 valence electrons. The highest BCUT2D eigenvalue weighted by atomic mass is 32.3. The Hall–Kier alpha value is -3.42. The van der Waals surface area contributed by atoms with Crippen LogP contribution >= 0.6 is 0 Å². The van der Waals surface area contributed by atoms with Crippen molar-refractivity contribution in [3.8, 4) is 11.4 Å². The first-order valence-electron chi connectivity index (χ1n) is 11.7. The maximum Gasteiger partial charge on any atom is 0.397 e. The van der Waals surface area contributed by atoms with E-state index in [0.29, 0.717) is 11.3 Å². The molecule has 2 aromatic carbocycles. The van der Waals surface area contributed by atoms with Crippen LogP contribution in [0.1, 0.15) is 11.3 Å². The van der Waals surface area contributed by atoms with E-state index < -0.39 is 48.0 Å². The molecular formula is C23H28N4O11S3. The molecule has 0 aliphatic carbocycles. The third-order valence-corrected chi connectivity index (χ3v) is 9.68. The lowest BCUT2D eigenvalue weighted by Crippen LogP contribution is -2.16. The zero-order valence-corrected chi connectivity index (χ0v) is 24.8. The monoisotopic (exact) mass is 632 g/mol. The van der Waals surface area contributed by atoms with E-state index in [1.165, 1.54) is 50.6 Å². The SMILES string of the molecule is COCCS(=O)(=O)c1cc(OC)c(N=Nc2c(C)[nH]n(-c3ccc(S(=O)(=O)CCOS(=O)(=O)O)cc3)c2=O)cc1C. The van der Waals surface area contributed by atoms with Crippen molar-refractivity contribution >= 4 is 41.4 Å². The van der Waals surface area contributed by atoms with Crippen LogP contribution in [0.15, 0.2) is 61.2 Å². The first-order valence-corrected chi connectivity index (χ1v) is 16.4. The number of aryl methyl sites for hydroxylation is 2. The third-order valence-electron chi connectivity index (χ3n) is 5.70. The lowest BCUT2D eigenvalue weighted by Gasteiger charge is -2.11. The molecule has 41 heavy (non-hydrogen) atoms. The van der Waals surface area contributed by atoms with Gasteiger partial charge in [-0.3, -0.25) is 14.4 Å².